The summed E-state index contributed by atoms with van der Waals surface area (Å²) in [6.45, 7) is 0.566. The average Bonchev–Trinajstić information content (AvgIpc) is 2.80. The summed E-state index contributed by atoms with van der Waals surface area (Å²) >= 11 is 0. The highest BCUT2D eigenvalue weighted by Gasteiger charge is 2.08. The van der Waals surface area contributed by atoms with Crippen molar-refractivity contribution in [3.05, 3.63) is 97.6 Å². The van der Waals surface area contributed by atoms with Gasteiger partial charge in [0.2, 0.25) is 0 Å². The first-order valence-electron chi connectivity index (χ1n) is 9.03. The van der Waals surface area contributed by atoms with Crippen LogP contribution in [0.5, 0.6) is 11.5 Å². The van der Waals surface area contributed by atoms with Gasteiger partial charge in [-0.15, -0.1) is 0 Å². The van der Waals surface area contributed by atoms with Crippen LogP contribution in [-0.4, -0.2) is 12.9 Å². The highest BCUT2D eigenvalue weighted by Crippen LogP contribution is 2.30. The van der Waals surface area contributed by atoms with E-state index in [0.717, 1.165) is 18.1 Å². The summed E-state index contributed by atoms with van der Waals surface area (Å²) in [5.74, 6) is 0.697. The lowest BCUT2D eigenvalue weighted by Gasteiger charge is -2.08. The second-order valence-corrected chi connectivity index (χ2v) is 5.99. The lowest BCUT2D eigenvalue weighted by Crippen LogP contribution is -1.88. The van der Waals surface area contributed by atoms with Crippen molar-refractivity contribution in [1.82, 2.24) is 0 Å². The Morgan fingerprint density at radius 2 is 1.06 bits per heavy atom. The van der Waals surface area contributed by atoms with Gasteiger partial charge in [-0.3, -0.25) is 9.59 Å². The number of carbonyl (C=O) groups is 2. The molecule has 31 heavy (non-hydrogen) atoms. The van der Waals surface area contributed by atoms with Crippen molar-refractivity contribution in [2.24, 2.45) is 0 Å². The number of ether oxygens (including phenoxy) is 4. The molecule has 0 aromatic heterocycles. The van der Waals surface area contributed by atoms with E-state index in [-0.39, 0.29) is 18.8 Å². The highest BCUT2D eigenvalue weighted by molar-refractivity contribution is 5.71. The number of halogens is 1. The van der Waals surface area contributed by atoms with Gasteiger partial charge in [-0.25, -0.2) is 4.39 Å². The van der Waals surface area contributed by atoms with E-state index >= 15 is 0 Å². The van der Waals surface area contributed by atoms with Gasteiger partial charge in [-0.2, -0.15) is 0 Å². The van der Waals surface area contributed by atoms with E-state index in [9.17, 15) is 14.0 Å². The molecule has 0 bridgehead atoms. The van der Waals surface area contributed by atoms with Crippen molar-refractivity contribution in [3.63, 3.8) is 0 Å². The first-order valence-corrected chi connectivity index (χ1v) is 9.03. The van der Waals surface area contributed by atoms with Crippen molar-refractivity contribution in [1.29, 1.82) is 0 Å². The van der Waals surface area contributed by atoms with E-state index in [0.29, 0.717) is 28.2 Å². The maximum absolute atomic E-state index is 14.8. The quantitative estimate of drug-likeness (QED) is 0.331. The van der Waals surface area contributed by atoms with Gasteiger partial charge in [0, 0.05) is 5.56 Å². The summed E-state index contributed by atoms with van der Waals surface area (Å²) in [4.78, 5) is 20.1. The van der Waals surface area contributed by atoms with Crippen LogP contribution in [0.3, 0.4) is 0 Å². The van der Waals surface area contributed by atoms with E-state index in [4.69, 9.17) is 9.47 Å². The van der Waals surface area contributed by atoms with Gasteiger partial charge in [-0.1, -0.05) is 36.4 Å². The Kier molecular flexibility index (Phi) is 7.54. The average molecular weight is 420 g/mol. The molecule has 0 unspecified atom stereocenters. The molecule has 0 aliphatic rings. The lowest BCUT2D eigenvalue weighted by atomic mass is 9.99. The third-order valence-corrected chi connectivity index (χ3v) is 4.11. The molecule has 0 spiro atoms. The predicted octanol–water partition coefficient (Wildman–Crippen LogP) is 5.21. The van der Waals surface area contributed by atoms with Gasteiger partial charge < -0.3 is 18.9 Å². The normalized spacial score (nSPS) is 10.7. The highest BCUT2D eigenvalue weighted by atomic mass is 19.1. The number of rotatable bonds is 10. The van der Waals surface area contributed by atoms with E-state index in [1.54, 1.807) is 54.6 Å². The molecule has 0 fully saturated rings. The van der Waals surface area contributed by atoms with E-state index < -0.39 is 0 Å². The Morgan fingerprint density at radius 1 is 0.581 bits per heavy atom. The van der Waals surface area contributed by atoms with Gasteiger partial charge in [0.25, 0.3) is 12.9 Å². The fraction of sp³-hybridized carbons (Fsp3) is 0. The number of benzene rings is 3. The number of carbonyl (C=O) groups excluding carboxylic acids is 2. The summed E-state index contributed by atoms with van der Waals surface area (Å²) in [5.41, 5.74) is 2.68. The minimum absolute atomic E-state index is 0.280. The molecule has 3 aromatic rings. The summed E-state index contributed by atoms with van der Waals surface area (Å²) in [7, 11) is 0. The van der Waals surface area contributed by atoms with Crippen LogP contribution in [0.1, 0.15) is 0 Å². The second-order valence-electron chi connectivity index (χ2n) is 5.99. The SMILES string of the molecule is O=CO/C=C\Oc1ccc(-c2ccc(-c3ccc(O/C=C\OC=O)cc3)c(F)c2)cc1. The van der Waals surface area contributed by atoms with Gasteiger partial charge in [0.05, 0.1) is 0 Å². The zero-order chi connectivity index (χ0) is 21.9. The van der Waals surface area contributed by atoms with E-state index in [1.165, 1.54) is 18.6 Å². The Bertz CT molecular complexity index is 1070. The standard InChI is InChI=1S/C24H17FO6/c25-24-15-20(18-1-6-21(7-2-18)30-13-11-28-16-26)5-10-23(24)19-3-8-22(9-4-19)31-14-12-29-17-27/h1-17H/b13-11-,14-12-. The Balaban J connectivity index is 1.69. The molecule has 3 rings (SSSR count). The molecule has 0 heterocycles. The third-order valence-electron chi connectivity index (χ3n) is 4.11. The largest absolute Gasteiger partial charge is 0.462 e. The van der Waals surface area contributed by atoms with Crippen molar-refractivity contribution in [2.75, 3.05) is 0 Å². The minimum Gasteiger partial charge on any atom is -0.462 e. The van der Waals surface area contributed by atoms with Gasteiger partial charge in [0.1, 0.15) is 42.4 Å². The molecule has 0 N–H and O–H groups in total. The van der Waals surface area contributed by atoms with Crippen LogP contribution in [0.15, 0.2) is 91.8 Å². The monoisotopic (exact) mass is 420 g/mol. The Hall–Kier alpha value is -4.39. The molecule has 156 valence electrons. The maximum atomic E-state index is 14.8. The predicted molar refractivity (Wildman–Crippen MR) is 111 cm³/mol. The zero-order valence-electron chi connectivity index (χ0n) is 16.1. The van der Waals surface area contributed by atoms with Crippen LogP contribution in [0.4, 0.5) is 4.39 Å². The summed E-state index contributed by atoms with van der Waals surface area (Å²) in [6, 6.07) is 18.9. The minimum atomic E-state index is -0.361. The smallest absolute Gasteiger partial charge is 0.298 e. The first-order chi connectivity index (χ1) is 15.2. The number of hydrogen-bond donors (Lipinski definition) is 0. The number of hydrogen-bond acceptors (Lipinski definition) is 6. The van der Waals surface area contributed by atoms with Crippen LogP contribution < -0.4 is 9.47 Å². The molecular formula is C24H17FO6. The Morgan fingerprint density at radius 3 is 1.55 bits per heavy atom. The molecular weight excluding hydrogens is 403 g/mol. The first kappa shape index (κ1) is 21.3. The van der Waals surface area contributed by atoms with Crippen LogP contribution >= 0.6 is 0 Å². The molecule has 0 amide bonds. The fourth-order valence-corrected chi connectivity index (χ4v) is 2.71. The molecule has 6 nitrogen and oxygen atoms in total. The summed E-state index contributed by atoms with van der Waals surface area (Å²) in [6.07, 6.45) is 4.69. The molecule has 0 saturated heterocycles. The molecule has 7 heteroatoms. The van der Waals surface area contributed by atoms with Crippen molar-refractivity contribution < 1.29 is 32.9 Å². The van der Waals surface area contributed by atoms with Crippen LogP contribution in [-0.2, 0) is 19.1 Å². The molecule has 0 radical (unpaired) electrons. The molecule has 3 aromatic carbocycles. The van der Waals surface area contributed by atoms with Crippen molar-refractivity contribution >= 4 is 12.9 Å². The van der Waals surface area contributed by atoms with Crippen molar-refractivity contribution in [3.8, 4) is 33.8 Å². The van der Waals surface area contributed by atoms with Gasteiger partial charge in [-0.05, 0) is 47.0 Å². The van der Waals surface area contributed by atoms with Crippen LogP contribution in [0, 0.1) is 5.82 Å². The zero-order valence-corrected chi connectivity index (χ0v) is 16.1. The maximum Gasteiger partial charge on any atom is 0.298 e. The van der Waals surface area contributed by atoms with E-state index in [2.05, 4.69) is 9.47 Å². The van der Waals surface area contributed by atoms with Gasteiger partial charge in [0.15, 0.2) is 0 Å². The van der Waals surface area contributed by atoms with Crippen LogP contribution in [0.25, 0.3) is 22.3 Å². The van der Waals surface area contributed by atoms with E-state index in [1.807, 2.05) is 6.07 Å². The molecule has 0 aliphatic carbocycles. The van der Waals surface area contributed by atoms with Crippen LogP contribution in [0.2, 0.25) is 0 Å². The lowest BCUT2D eigenvalue weighted by molar-refractivity contribution is -0.124. The summed E-state index contributed by atoms with van der Waals surface area (Å²) < 4.78 is 34.1. The summed E-state index contributed by atoms with van der Waals surface area (Å²) in [5, 5.41) is 0. The third kappa shape index (κ3) is 6.04. The molecule has 0 saturated carbocycles. The molecule has 0 aliphatic heterocycles. The topological polar surface area (TPSA) is 71.1 Å². The van der Waals surface area contributed by atoms with Gasteiger partial charge >= 0.3 is 0 Å². The van der Waals surface area contributed by atoms with Crippen molar-refractivity contribution in [2.45, 2.75) is 0 Å². The molecule has 0 atom stereocenters. The Labute approximate surface area is 177 Å². The second kappa shape index (κ2) is 11.0. The fourth-order valence-electron chi connectivity index (χ4n) is 2.71.